The molecule has 0 bridgehead atoms. The van der Waals surface area contributed by atoms with Gasteiger partial charge in [-0.2, -0.15) is 0 Å². The molecule has 2 aromatic rings. The predicted molar refractivity (Wildman–Crippen MR) is 104 cm³/mol. The Morgan fingerprint density at radius 3 is 2.00 bits per heavy atom. The highest BCUT2D eigenvalue weighted by Crippen LogP contribution is 2.37. The lowest BCUT2D eigenvalue weighted by molar-refractivity contribution is 0.00578. The van der Waals surface area contributed by atoms with E-state index in [0.29, 0.717) is 11.2 Å². The van der Waals surface area contributed by atoms with Crippen LogP contribution < -0.4 is 10.2 Å². The van der Waals surface area contributed by atoms with Gasteiger partial charge in [0.15, 0.2) is 0 Å². The van der Waals surface area contributed by atoms with Crippen molar-refractivity contribution in [3.8, 4) is 0 Å². The molecule has 0 aromatic heterocycles. The van der Waals surface area contributed by atoms with Crippen LogP contribution in [0.4, 0.5) is 5.69 Å². The normalized spacial score (nSPS) is 18.7. The molecule has 1 fully saturated rings. The second kappa shape index (κ2) is 6.41. The van der Waals surface area contributed by atoms with Crippen LogP contribution in [0.2, 0.25) is 0 Å². The molecule has 138 valence electrons. The van der Waals surface area contributed by atoms with Crippen LogP contribution in [-0.4, -0.2) is 26.7 Å². The van der Waals surface area contributed by atoms with Crippen LogP contribution in [-0.2, 0) is 19.3 Å². The summed E-state index contributed by atoms with van der Waals surface area (Å²) in [6.07, 6.45) is 0. The number of hydrogen-bond acceptors (Lipinski definition) is 4. The third-order valence-corrected chi connectivity index (χ3v) is 6.42. The average Bonchev–Trinajstić information content (AvgIpc) is 2.76. The van der Waals surface area contributed by atoms with Crippen molar-refractivity contribution < 1.29 is 17.7 Å². The van der Waals surface area contributed by atoms with Gasteiger partial charge in [-0.05, 0) is 52.8 Å². The van der Waals surface area contributed by atoms with Gasteiger partial charge in [0.2, 0.25) is 0 Å². The molecule has 5 nitrogen and oxygen atoms in total. The molecule has 0 radical (unpaired) electrons. The molecule has 0 aliphatic carbocycles. The molecule has 2 aromatic carbocycles. The molecule has 0 amide bonds. The molecular weight excluding hydrogens is 349 g/mol. The molecule has 0 saturated carbocycles. The topological polar surface area (TPSA) is 64.6 Å². The Bertz CT molecular complexity index is 891. The third kappa shape index (κ3) is 3.52. The predicted octanol–water partition coefficient (Wildman–Crippen LogP) is 3.10. The molecule has 3 rings (SSSR count). The van der Waals surface area contributed by atoms with Crippen molar-refractivity contribution in [1.29, 1.82) is 0 Å². The Morgan fingerprint density at radius 2 is 1.42 bits per heavy atom. The summed E-state index contributed by atoms with van der Waals surface area (Å²) >= 11 is 0. The van der Waals surface area contributed by atoms with Crippen molar-refractivity contribution in [1.82, 2.24) is 0 Å². The Balaban J connectivity index is 1.92. The van der Waals surface area contributed by atoms with Crippen LogP contribution in [0.15, 0.2) is 53.4 Å². The Kier molecular flexibility index (Phi) is 4.67. The quantitative estimate of drug-likeness (QED) is 0.837. The van der Waals surface area contributed by atoms with E-state index in [0.717, 1.165) is 5.56 Å². The highest BCUT2D eigenvalue weighted by molar-refractivity contribution is 7.92. The van der Waals surface area contributed by atoms with E-state index >= 15 is 0 Å². The number of sulfonamides is 1. The summed E-state index contributed by atoms with van der Waals surface area (Å²) in [7, 11) is -4.34. The van der Waals surface area contributed by atoms with Crippen molar-refractivity contribution in [3.63, 3.8) is 0 Å². The minimum absolute atomic E-state index is 0.215. The molecular formula is C19H24BNO4S. The van der Waals surface area contributed by atoms with E-state index in [-0.39, 0.29) is 4.90 Å². The number of hydrogen-bond donors (Lipinski definition) is 1. The molecule has 1 aliphatic rings. The summed E-state index contributed by atoms with van der Waals surface area (Å²) < 4.78 is 40.3. The van der Waals surface area contributed by atoms with E-state index in [4.69, 9.17) is 9.31 Å². The van der Waals surface area contributed by atoms with Crippen molar-refractivity contribution in [2.24, 2.45) is 0 Å². The van der Waals surface area contributed by atoms with Gasteiger partial charge in [-0.25, -0.2) is 8.42 Å². The van der Waals surface area contributed by atoms with Crippen molar-refractivity contribution in [2.75, 3.05) is 4.72 Å². The lowest BCUT2D eigenvalue weighted by atomic mass is 9.78. The smallest absolute Gasteiger partial charge is 0.399 e. The monoisotopic (exact) mass is 373 g/mol. The maximum absolute atomic E-state index is 12.7. The van der Waals surface area contributed by atoms with Crippen LogP contribution >= 0.6 is 0 Å². The lowest BCUT2D eigenvalue weighted by Gasteiger charge is -2.32. The minimum atomic E-state index is -3.70. The van der Waals surface area contributed by atoms with Crippen molar-refractivity contribution in [2.45, 2.75) is 50.7 Å². The fraction of sp³-hybridized carbons (Fsp3) is 0.368. The highest BCUT2D eigenvalue weighted by atomic mass is 32.2. The van der Waals surface area contributed by atoms with Crippen molar-refractivity contribution in [3.05, 3.63) is 54.1 Å². The molecule has 0 atom stereocenters. The van der Waals surface area contributed by atoms with Gasteiger partial charge in [-0.1, -0.05) is 35.9 Å². The third-order valence-electron chi connectivity index (χ3n) is 5.04. The molecule has 1 aliphatic heterocycles. The first-order valence-electron chi connectivity index (χ1n) is 8.56. The summed E-state index contributed by atoms with van der Waals surface area (Å²) in [5, 5.41) is 0. The fourth-order valence-electron chi connectivity index (χ4n) is 2.69. The first-order valence-corrected chi connectivity index (χ1v) is 10.0. The second-order valence-electron chi connectivity index (χ2n) is 7.59. The van der Waals surface area contributed by atoms with E-state index in [2.05, 4.69) is 4.72 Å². The lowest BCUT2D eigenvalue weighted by Crippen LogP contribution is -2.41. The summed E-state index contributed by atoms with van der Waals surface area (Å²) in [4.78, 5) is 0.215. The summed E-state index contributed by atoms with van der Waals surface area (Å²) in [5.41, 5.74) is 1.11. The molecule has 0 unspecified atom stereocenters. The maximum Gasteiger partial charge on any atom is 0.496 e. The van der Waals surface area contributed by atoms with E-state index < -0.39 is 28.3 Å². The van der Waals surface area contributed by atoms with Crippen LogP contribution in [0.3, 0.4) is 0 Å². The molecule has 7 heteroatoms. The fourth-order valence-corrected chi connectivity index (χ4v) is 3.77. The largest absolute Gasteiger partial charge is 0.496 e. The number of aryl methyl sites for hydroxylation is 1. The highest BCUT2D eigenvalue weighted by Gasteiger charge is 2.52. The molecule has 0 spiro atoms. The number of benzene rings is 2. The molecule has 1 saturated heterocycles. The zero-order chi connectivity index (χ0) is 19.2. The Morgan fingerprint density at radius 1 is 0.885 bits per heavy atom. The molecule has 26 heavy (non-hydrogen) atoms. The number of para-hydroxylation sites is 1. The maximum atomic E-state index is 12.7. The van der Waals surface area contributed by atoms with Crippen LogP contribution in [0.5, 0.6) is 0 Å². The van der Waals surface area contributed by atoms with Gasteiger partial charge in [-0.3, -0.25) is 4.72 Å². The Hall–Kier alpha value is -1.83. The molecule has 1 N–H and O–H groups in total. The van der Waals surface area contributed by atoms with Crippen LogP contribution in [0, 0.1) is 6.92 Å². The van der Waals surface area contributed by atoms with Crippen LogP contribution in [0.1, 0.15) is 33.3 Å². The zero-order valence-electron chi connectivity index (χ0n) is 15.7. The first kappa shape index (κ1) is 19.0. The van der Waals surface area contributed by atoms with Gasteiger partial charge >= 0.3 is 7.12 Å². The van der Waals surface area contributed by atoms with Gasteiger partial charge in [-0.15, -0.1) is 0 Å². The zero-order valence-corrected chi connectivity index (χ0v) is 16.6. The summed E-state index contributed by atoms with van der Waals surface area (Å²) in [5.74, 6) is 0. The van der Waals surface area contributed by atoms with E-state index in [1.807, 2.05) is 46.8 Å². The van der Waals surface area contributed by atoms with Crippen molar-refractivity contribution >= 4 is 28.3 Å². The van der Waals surface area contributed by atoms with E-state index in [1.165, 1.54) is 0 Å². The number of nitrogens with one attached hydrogen (secondary N) is 1. The summed E-state index contributed by atoms with van der Waals surface area (Å²) in [6, 6.07) is 13.9. The van der Waals surface area contributed by atoms with Gasteiger partial charge in [0.05, 0.1) is 16.1 Å². The first-order chi connectivity index (χ1) is 12.0. The molecule has 1 heterocycles. The van der Waals surface area contributed by atoms with E-state index in [9.17, 15) is 8.42 Å². The van der Waals surface area contributed by atoms with Gasteiger partial charge < -0.3 is 9.31 Å². The van der Waals surface area contributed by atoms with Crippen LogP contribution in [0.25, 0.3) is 0 Å². The summed E-state index contributed by atoms with van der Waals surface area (Å²) in [6.45, 7) is 9.77. The van der Waals surface area contributed by atoms with Gasteiger partial charge in [0.25, 0.3) is 10.0 Å². The van der Waals surface area contributed by atoms with Gasteiger partial charge in [0, 0.05) is 11.2 Å². The number of anilines is 1. The van der Waals surface area contributed by atoms with E-state index in [1.54, 1.807) is 36.4 Å². The SMILES string of the molecule is Cc1ccc(S(=O)(=O)Nc2ccccc2B2OC(C)(C)C(C)(C)O2)cc1. The Labute approximate surface area is 155 Å². The minimum Gasteiger partial charge on any atom is -0.399 e. The second-order valence-corrected chi connectivity index (χ2v) is 9.28. The standard InChI is InChI=1S/C19H24BNO4S/c1-14-10-12-15(13-11-14)26(22,23)21-17-9-7-6-8-16(17)20-24-18(2,3)19(4,5)25-20/h6-13,21H,1-5H3. The van der Waals surface area contributed by atoms with Gasteiger partial charge in [0.1, 0.15) is 0 Å². The average molecular weight is 373 g/mol. The number of rotatable bonds is 4.